The third-order valence-electron chi connectivity index (χ3n) is 3.54. The Hall–Kier alpha value is -0.570. The van der Waals surface area contributed by atoms with Gasteiger partial charge in [0.15, 0.2) is 0 Å². The third kappa shape index (κ3) is 3.20. The molecule has 1 atom stereocenters. The van der Waals surface area contributed by atoms with Crippen LogP contribution in [0.2, 0.25) is 0 Å². The van der Waals surface area contributed by atoms with Crippen molar-refractivity contribution in [2.24, 2.45) is 5.92 Å². The minimum atomic E-state index is 0.195. The molecule has 0 aromatic rings. The molecule has 0 radical (unpaired) electrons. The largest absolute Gasteiger partial charge is 0.342 e. The first-order chi connectivity index (χ1) is 7.06. The van der Waals surface area contributed by atoms with Gasteiger partial charge in [-0.2, -0.15) is 0 Å². The van der Waals surface area contributed by atoms with E-state index in [9.17, 15) is 4.79 Å². The fraction of sp³-hybridized carbons (Fsp3) is 0.917. The molecule has 1 fully saturated rings. The highest BCUT2D eigenvalue weighted by molar-refractivity contribution is 5.78. The number of rotatable bonds is 3. The summed E-state index contributed by atoms with van der Waals surface area (Å²) in [6.07, 6.45) is 3.19. The van der Waals surface area contributed by atoms with Crippen molar-refractivity contribution in [2.45, 2.75) is 39.2 Å². The lowest BCUT2D eigenvalue weighted by atomic mass is 10.0. The number of piperidine rings is 1. The molecule has 88 valence electrons. The molecular formula is C12H24N2O. The maximum atomic E-state index is 11.9. The molecule has 1 aliphatic rings. The average Bonchev–Trinajstić information content (AvgIpc) is 2.27. The number of hydrogen-bond donors (Lipinski definition) is 0. The van der Waals surface area contributed by atoms with Crippen LogP contribution in [-0.2, 0) is 4.79 Å². The Labute approximate surface area is 93.4 Å². The molecule has 0 N–H and O–H groups in total. The molecule has 1 rings (SSSR count). The summed E-state index contributed by atoms with van der Waals surface area (Å²) in [6, 6.07) is 0.658. The number of carbonyl (C=O) groups is 1. The Morgan fingerprint density at radius 3 is 2.33 bits per heavy atom. The monoisotopic (exact) mass is 212 g/mol. The van der Waals surface area contributed by atoms with Gasteiger partial charge < -0.3 is 9.80 Å². The summed E-state index contributed by atoms with van der Waals surface area (Å²) in [7, 11) is 4.24. The second-order valence-electron chi connectivity index (χ2n) is 4.83. The van der Waals surface area contributed by atoms with Gasteiger partial charge in [-0.25, -0.2) is 0 Å². The van der Waals surface area contributed by atoms with Crippen molar-refractivity contribution < 1.29 is 4.79 Å². The molecule has 0 bridgehead atoms. The molecule has 0 spiro atoms. The fourth-order valence-electron chi connectivity index (χ4n) is 2.09. The molecule has 3 nitrogen and oxygen atoms in total. The lowest BCUT2D eigenvalue weighted by molar-refractivity contribution is -0.136. The second-order valence-corrected chi connectivity index (χ2v) is 4.83. The van der Waals surface area contributed by atoms with Gasteiger partial charge in [0, 0.05) is 25.0 Å². The van der Waals surface area contributed by atoms with Crippen LogP contribution >= 0.6 is 0 Å². The predicted molar refractivity (Wildman–Crippen MR) is 62.7 cm³/mol. The summed E-state index contributed by atoms with van der Waals surface area (Å²) in [5.74, 6) is 0.538. The molecule has 15 heavy (non-hydrogen) atoms. The van der Waals surface area contributed by atoms with Gasteiger partial charge in [0.2, 0.25) is 5.91 Å². The van der Waals surface area contributed by atoms with E-state index in [-0.39, 0.29) is 5.92 Å². The SMILES string of the molecule is CCC(C)C(=O)N1CCC(N(C)C)CC1. The van der Waals surface area contributed by atoms with Gasteiger partial charge in [-0.15, -0.1) is 0 Å². The van der Waals surface area contributed by atoms with E-state index >= 15 is 0 Å². The highest BCUT2D eigenvalue weighted by Gasteiger charge is 2.25. The number of hydrogen-bond acceptors (Lipinski definition) is 2. The van der Waals surface area contributed by atoms with E-state index in [1.807, 2.05) is 11.8 Å². The first-order valence-electron chi connectivity index (χ1n) is 6.01. The molecule has 1 heterocycles. The number of amides is 1. The number of carbonyl (C=O) groups excluding carboxylic acids is 1. The van der Waals surface area contributed by atoms with E-state index in [2.05, 4.69) is 25.9 Å². The molecule has 1 amide bonds. The van der Waals surface area contributed by atoms with Crippen molar-refractivity contribution in [3.63, 3.8) is 0 Å². The van der Waals surface area contributed by atoms with Crippen LogP contribution in [0.15, 0.2) is 0 Å². The quantitative estimate of drug-likeness (QED) is 0.709. The Balaban J connectivity index is 2.40. The van der Waals surface area contributed by atoms with Crippen LogP contribution in [0.5, 0.6) is 0 Å². The van der Waals surface area contributed by atoms with Gasteiger partial charge in [-0.3, -0.25) is 4.79 Å². The van der Waals surface area contributed by atoms with Gasteiger partial charge >= 0.3 is 0 Å². The van der Waals surface area contributed by atoms with Crippen LogP contribution < -0.4 is 0 Å². The van der Waals surface area contributed by atoms with Crippen LogP contribution in [0.25, 0.3) is 0 Å². The summed E-state index contributed by atoms with van der Waals surface area (Å²) in [5, 5.41) is 0. The summed E-state index contributed by atoms with van der Waals surface area (Å²) >= 11 is 0. The van der Waals surface area contributed by atoms with Gasteiger partial charge in [-0.1, -0.05) is 13.8 Å². The van der Waals surface area contributed by atoms with Crippen LogP contribution in [0.3, 0.4) is 0 Å². The number of nitrogens with zero attached hydrogens (tertiary/aromatic N) is 2. The lowest BCUT2D eigenvalue weighted by Gasteiger charge is -2.36. The van der Waals surface area contributed by atoms with Crippen LogP contribution in [0.1, 0.15) is 33.1 Å². The van der Waals surface area contributed by atoms with E-state index < -0.39 is 0 Å². The first kappa shape index (κ1) is 12.5. The average molecular weight is 212 g/mol. The Morgan fingerprint density at radius 1 is 1.40 bits per heavy atom. The van der Waals surface area contributed by atoms with Crippen LogP contribution in [0.4, 0.5) is 0 Å². The van der Waals surface area contributed by atoms with E-state index in [1.54, 1.807) is 0 Å². The minimum Gasteiger partial charge on any atom is -0.342 e. The summed E-state index contributed by atoms with van der Waals surface area (Å²) < 4.78 is 0. The maximum Gasteiger partial charge on any atom is 0.225 e. The second kappa shape index (κ2) is 5.50. The van der Waals surface area contributed by atoms with Gasteiger partial charge in [-0.05, 0) is 33.4 Å². The van der Waals surface area contributed by atoms with E-state index in [0.717, 1.165) is 32.4 Å². The molecule has 3 heteroatoms. The predicted octanol–water partition coefficient (Wildman–Crippen LogP) is 1.59. The van der Waals surface area contributed by atoms with Crippen molar-refractivity contribution in [3.05, 3.63) is 0 Å². The van der Waals surface area contributed by atoms with E-state index in [0.29, 0.717) is 11.9 Å². The van der Waals surface area contributed by atoms with Crippen molar-refractivity contribution in [1.82, 2.24) is 9.80 Å². The minimum absolute atomic E-state index is 0.195. The molecule has 0 aliphatic carbocycles. The molecule has 0 aromatic carbocycles. The highest BCUT2D eigenvalue weighted by Crippen LogP contribution is 2.17. The topological polar surface area (TPSA) is 23.6 Å². The summed E-state index contributed by atoms with van der Waals surface area (Å²) in [4.78, 5) is 16.2. The van der Waals surface area contributed by atoms with Crippen molar-refractivity contribution in [1.29, 1.82) is 0 Å². The zero-order chi connectivity index (χ0) is 11.4. The standard InChI is InChI=1S/C12H24N2O/c1-5-10(2)12(15)14-8-6-11(7-9-14)13(3)4/h10-11H,5-9H2,1-4H3. The Morgan fingerprint density at radius 2 is 1.93 bits per heavy atom. The van der Waals surface area contributed by atoms with E-state index in [4.69, 9.17) is 0 Å². The smallest absolute Gasteiger partial charge is 0.225 e. The summed E-state index contributed by atoms with van der Waals surface area (Å²) in [5.41, 5.74) is 0. The normalized spacial score (nSPS) is 20.7. The maximum absolute atomic E-state index is 11.9. The Bertz CT molecular complexity index is 208. The fourth-order valence-corrected chi connectivity index (χ4v) is 2.09. The third-order valence-corrected chi connectivity index (χ3v) is 3.54. The van der Waals surface area contributed by atoms with Crippen LogP contribution in [0, 0.1) is 5.92 Å². The van der Waals surface area contributed by atoms with Crippen molar-refractivity contribution in [2.75, 3.05) is 27.2 Å². The molecule has 0 saturated carbocycles. The zero-order valence-corrected chi connectivity index (χ0v) is 10.5. The summed E-state index contributed by atoms with van der Waals surface area (Å²) in [6.45, 7) is 5.98. The van der Waals surface area contributed by atoms with Gasteiger partial charge in [0.1, 0.15) is 0 Å². The molecule has 1 unspecified atom stereocenters. The molecule has 0 aromatic heterocycles. The molecule has 1 aliphatic heterocycles. The lowest BCUT2D eigenvalue weighted by Crippen LogP contribution is -2.46. The van der Waals surface area contributed by atoms with Crippen molar-refractivity contribution >= 4 is 5.91 Å². The first-order valence-corrected chi connectivity index (χ1v) is 6.01. The zero-order valence-electron chi connectivity index (χ0n) is 10.5. The van der Waals surface area contributed by atoms with Gasteiger partial charge in [0.05, 0.1) is 0 Å². The molecule has 1 saturated heterocycles. The van der Waals surface area contributed by atoms with Crippen LogP contribution in [-0.4, -0.2) is 48.9 Å². The van der Waals surface area contributed by atoms with E-state index in [1.165, 1.54) is 0 Å². The Kier molecular flexibility index (Phi) is 4.58. The van der Waals surface area contributed by atoms with Gasteiger partial charge in [0.25, 0.3) is 0 Å². The van der Waals surface area contributed by atoms with Crippen molar-refractivity contribution in [3.8, 4) is 0 Å². The molecular weight excluding hydrogens is 188 g/mol. The number of likely N-dealkylation sites (tertiary alicyclic amines) is 1. The highest BCUT2D eigenvalue weighted by atomic mass is 16.2.